The zero-order chi connectivity index (χ0) is 13.1. The minimum absolute atomic E-state index is 0.0748. The summed E-state index contributed by atoms with van der Waals surface area (Å²) in [4.78, 5) is 26.8. The van der Waals surface area contributed by atoms with E-state index in [1.807, 2.05) is 11.9 Å². The van der Waals surface area contributed by atoms with Gasteiger partial charge in [-0.1, -0.05) is 12.8 Å². The summed E-state index contributed by atoms with van der Waals surface area (Å²) < 4.78 is 0. The zero-order valence-electron chi connectivity index (χ0n) is 11.0. The number of urea groups is 1. The molecule has 0 bridgehead atoms. The highest BCUT2D eigenvalue weighted by Gasteiger charge is 2.31. The predicted molar refractivity (Wildman–Crippen MR) is 67.3 cm³/mol. The summed E-state index contributed by atoms with van der Waals surface area (Å²) >= 11 is 0. The molecule has 0 spiro atoms. The third kappa shape index (κ3) is 2.76. The average molecular weight is 254 g/mol. The minimum Gasteiger partial charge on any atom is -0.481 e. The van der Waals surface area contributed by atoms with E-state index < -0.39 is 5.97 Å². The van der Waals surface area contributed by atoms with Gasteiger partial charge in [-0.05, 0) is 25.7 Å². The first-order chi connectivity index (χ1) is 8.59. The molecule has 2 amide bonds. The van der Waals surface area contributed by atoms with Crippen LogP contribution in [0.3, 0.4) is 0 Å². The summed E-state index contributed by atoms with van der Waals surface area (Å²) in [5.74, 6) is -1.00. The van der Waals surface area contributed by atoms with E-state index >= 15 is 0 Å². The molecular formula is C13H22N2O3. The van der Waals surface area contributed by atoms with Crippen molar-refractivity contribution in [3.63, 3.8) is 0 Å². The Hall–Kier alpha value is -1.26. The first-order valence-corrected chi connectivity index (χ1v) is 6.84. The maximum atomic E-state index is 12.3. The summed E-state index contributed by atoms with van der Waals surface area (Å²) in [6.07, 6.45) is 5.80. The maximum Gasteiger partial charge on any atom is 0.319 e. The molecule has 2 rings (SSSR count). The SMILES string of the molecule is CN(C(=O)N1CCC(C(=O)O)CC1)C1CCCC1. The standard InChI is InChI=1S/C13H22N2O3/c1-14(11-4-2-3-5-11)13(18)15-8-6-10(7-9-15)12(16)17/h10-11H,2-9H2,1H3,(H,16,17). The molecule has 0 radical (unpaired) electrons. The average Bonchev–Trinajstić information content (AvgIpc) is 2.91. The number of amides is 2. The predicted octanol–water partition coefficient (Wildman–Crippen LogP) is 1.78. The molecule has 0 unspecified atom stereocenters. The van der Waals surface area contributed by atoms with Gasteiger partial charge in [-0.25, -0.2) is 4.79 Å². The largest absolute Gasteiger partial charge is 0.481 e. The van der Waals surface area contributed by atoms with Crippen molar-refractivity contribution in [2.24, 2.45) is 5.92 Å². The summed E-state index contributed by atoms with van der Waals surface area (Å²) in [6.45, 7) is 1.15. The van der Waals surface area contributed by atoms with E-state index in [1.54, 1.807) is 4.90 Å². The van der Waals surface area contributed by atoms with Crippen molar-refractivity contribution in [1.82, 2.24) is 9.80 Å². The molecular weight excluding hydrogens is 232 g/mol. The number of carboxylic acids is 1. The molecule has 1 saturated carbocycles. The van der Waals surface area contributed by atoms with Gasteiger partial charge < -0.3 is 14.9 Å². The summed E-state index contributed by atoms with van der Waals surface area (Å²) in [5.41, 5.74) is 0. The Morgan fingerprint density at radius 3 is 2.17 bits per heavy atom. The first-order valence-electron chi connectivity index (χ1n) is 6.84. The Balaban J connectivity index is 1.85. The van der Waals surface area contributed by atoms with Gasteiger partial charge >= 0.3 is 12.0 Å². The van der Waals surface area contributed by atoms with Crippen molar-refractivity contribution in [2.75, 3.05) is 20.1 Å². The van der Waals surface area contributed by atoms with Crippen LogP contribution in [-0.2, 0) is 4.79 Å². The molecule has 5 heteroatoms. The number of carbonyl (C=O) groups excluding carboxylic acids is 1. The van der Waals surface area contributed by atoms with Crippen LogP contribution in [0.25, 0.3) is 0 Å². The van der Waals surface area contributed by atoms with Gasteiger partial charge in [-0.3, -0.25) is 4.79 Å². The number of aliphatic carboxylic acids is 1. The second-order valence-electron chi connectivity index (χ2n) is 5.43. The molecule has 1 aliphatic carbocycles. The number of hydrogen-bond acceptors (Lipinski definition) is 2. The van der Waals surface area contributed by atoms with Crippen molar-refractivity contribution in [3.05, 3.63) is 0 Å². The topological polar surface area (TPSA) is 60.9 Å². The van der Waals surface area contributed by atoms with Crippen LogP contribution < -0.4 is 0 Å². The van der Waals surface area contributed by atoms with Crippen LogP contribution in [0.1, 0.15) is 38.5 Å². The zero-order valence-corrected chi connectivity index (χ0v) is 11.0. The highest BCUT2D eigenvalue weighted by molar-refractivity contribution is 5.75. The van der Waals surface area contributed by atoms with Crippen LogP contribution in [0.4, 0.5) is 4.79 Å². The molecule has 0 atom stereocenters. The first kappa shape index (κ1) is 13.2. The lowest BCUT2D eigenvalue weighted by Gasteiger charge is -2.35. The summed E-state index contributed by atoms with van der Waals surface area (Å²) in [5, 5.41) is 8.93. The van der Waals surface area contributed by atoms with Gasteiger partial charge in [-0.2, -0.15) is 0 Å². The Kier molecular flexibility index (Phi) is 4.09. The number of piperidine rings is 1. The van der Waals surface area contributed by atoms with Crippen LogP contribution >= 0.6 is 0 Å². The van der Waals surface area contributed by atoms with Crippen molar-refractivity contribution in [2.45, 2.75) is 44.6 Å². The maximum absolute atomic E-state index is 12.3. The summed E-state index contributed by atoms with van der Waals surface area (Å²) in [7, 11) is 1.88. The van der Waals surface area contributed by atoms with Gasteiger partial charge in [0.25, 0.3) is 0 Å². The van der Waals surface area contributed by atoms with Gasteiger partial charge in [-0.15, -0.1) is 0 Å². The third-order valence-electron chi connectivity index (χ3n) is 4.29. The normalized spacial score (nSPS) is 22.2. The molecule has 102 valence electrons. The van der Waals surface area contributed by atoms with E-state index in [0.717, 1.165) is 12.8 Å². The number of carbonyl (C=O) groups is 2. The van der Waals surface area contributed by atoms with Crippen molar-refractivity contribution < 1.29 is 14.7 Å². The fourth-order valence-electron chi connectivity index (χ4n) is 2.99. The fraction of sp³-hybridized carbons (Fsp3) is 0.846. The minimum atomic E-state index is -0.730. The van der Waals surface area contributed by atoms with E-state index in [-0.39, 0.29) is 11.9 Å². The molecule has 1 saturated heterocycles. The Morgan fingerprint density at radius 1 is 1.11 bits per heavy atom. The van der Waals surface area contributed by atoms with Gasteiger partial charge in [0.05, 0.1) is 5.92 Å². The van der Waals surface area contributed by atoms with Crippen LogP contribution in [-0.4, -0.2) is 53.1 Å². The molecule has 1 heterocycles. The number of carboxylic acid groups (broad SMARTS) is 1. The van der Waals surface area contributed by atoms with Crippen molar-refractivity contribution in [3.8, 4) is 0 Å². The Labute approximate surface area is 108 Å². The highest BCUT2D eigenvalue weighted by Crippen LogP contribution is 2.24. The number of hydrogen-bond donors (Lipinski definition) is 1. The number of likely N-dealkylation sites (tertiary alicyclic amines) is 1. The second kappa shape index (κ2) is 5.59. The van der Waals surface area contributed by atoms with Gasteiger partial charge in [0.1, 0.15) is 0 Å². The lowest BCUT2D eigenvalue weighted by molar-refractivity contribution is -0.143. The van der Waals surface area contributed by atoms with E-state index in [1.165, 1.54) is 12.8 Å². The highest BCUT2D eigenvalue weighted by atomic mass is 16.4. The molecule has 18 heavy (non-hydrogen) atoms. The smallest absolute Gasteiger partial charge is 0.319 e. The molecule has 0 aromatic rings. The lowest BCUT2D eigenvalue weighted by Crippen LogP contribution is -2.48. The third-order valence-corrected chi connectivity index (χ3v) is 4.29. The van der Waals surface area contributed by atoms with Crippen LogP contribution in [0.15, 0.2) is 0 Å². The number of nitrogens with zero attached hydrogens (tertiary/aromatic N) is 2. The molecule has 2 fully saturated rings. The van der Waals surface area contributed by atoms with Crippen LogP contribution in [0.2, 0.25) is 0 Å². The molecule has 2 aliphatic rings. The van der Waals surface area contributed by atoms with Crippen LogP contribution in [0, 0.1) is 5.92 Å². The molecule has 5 nitrogen and oxygen atoms in total. The summed E-state index contributed by atoms with van der Waals surface area (Å²) in [6, 6.07) is 0.459. The second-order valence-corrected chi connectivity index (χ2v) is 5.43. The van der Waals surface area contributed by atoms with E-state index in [9.17, 15) is 9.59 Å². The Morgan fingerprint density at radius 2 is 1.67 bits per heavy atom. The van der Waals surface area contributed by atoms with Crippen LogP contribution in [0.5, 0.6) is 0 Å². The number of rotatable bonds is 2. The Bertz CT molecular complexity index is 318. The molecule has 1 aliphatic heterocycles. The monoisotopic (exact) mass is 254 g/mol. The van der Waals surface area contributed by atoms with E-state index in [2.05, 4.69) is 0 Å². The molecule has 0 aromatic carbocycles. The van der Waals surface area contributed by atoms with Gasteiger partial charge in [0, 0.05) is 26.2 Å². The molecule has 1 N–H and O–H groups in total. The lowest BCUT2D eigenvalue weighted by atomic mass is 9.97. The molecule has 0 aromatic heterocycles. The van der Waals surface area contributed by atoms with Crippen molar-refractivity contribution in [1.29, 1.82) is 0 Å². The fourth-order valence-corrected chi connectivity index (χ4v) is 2.99. The van der Waals surface area contributed by atoms with Crippen molar-refractivity contribution >= 4 is 12.0 Å². The quantitative estimate of drug-likeness (QED) is 0.817. The van der Waals surface area contributed by atoms with E-state index in [4.69, 9.17) is 5.11 Å². The van der Waals surface area contributed by atoms with Gasteiger partial charge in [0.15, 0.2) is 0 Å². The van der Waals surface area contributed by atoms with E-state index in [0.29, 0.717) is 32.0 Å². The van der Waals surface area contributed by atoms with Gasteiger partial charge in [0.2, 0.25) is 0 Å².